The standard InChI is InChI=1S/C12H13NO/c1-3-14-12-11-8-9(2)4-5-10(11)6-7-13-12/h4-8H,3H2,1-2H3. The van der Waals surface area contributed by atoms with Crippen molar-refractivity contribution in [3.8, 4) is 5.88 Å². The van der Waals surface area contributed by atoms with Crippen LogP contribution in [-0.2, 0) is 0 Å². The Balaban J connectivity index is 2.64. The minimum Gasteiger partial charge on any atom is -0.478 e. The molecule has 0 saturated carbocycles. The Hall–Kier alpha value is -1.57. The predicted octanol–water partition coefficient (Wildman–Crippen LogP) is 2.94. The van der Waals surface area contributed by atoms with Gasteiger partial charge in [0.05, 0.1) is 6.61 Å². The van der Waals surface area contributed by atoms with Crippen LogP contribution in [-0.4, -0.2) is 11.6 Å². The van der Waals surface area contributed by atoms with E-state index in [1.54, 1.807) is 6.20 Å². The number of pyridine rings is 1. The van der Waals surface area contributed by atoms with Crippen molar-refractivity contribution in [2.45, 2.75) is 13.8 Å². The van der Waals surface area contributed by atoms with Crippen molar-refractivity contribution in [3.63, 3.8) is 0 Å². The van der Waals surface area contributed by atoms with Crippen LogP contribution in [0.4, 0.5) is 0 Å². The first-order chi connectivity index (χ1) is 6.81. The van der Waals surface area contributed by atoms with E-state index in [1.165, 1.54) is 10.9 Å². The summed E-state index contributed by atoms with van der Waals surface area (Å²) in [5.74, 6) is 0.730. The molecule has 0 spiro atoms. The van der Waals surface area contributed by atoms with E-state index >= 15 is 0 Å². The number of fused-ring (bicyclic) bond motifs is 1. The quantitative estimate of drug-likeness (QED) is 0.721. The minimum absolute atomic E-state index is 0.653. The van der Waals surface area contributed by atoms with E-state index in [0.717, 1.165) is 11.3 Å². The summed E-state index contributed by atoms with van der Waals surface area (Å²) >= 11 is 0. The van der Waals surface area contributed by atoms with Gasteiger partial charge in [-0.25, -0.2) is 4.98 Å². The van der Waals surface area contributed by atoms with Crippen LogP contribution >= 0.6 is 0 Å². The van der Waals surface area contributed by atoms with Crippen LogP contribution in [0.3, 0.4) is 0 Å². The maximum absolute atomic E-state index is 5.46. The lowest BCUT2D eigenvalue weighted by Gasteiger charge is -2.06. The maximum atomic E-state index is 5.46. The van der Waals surface area contributed by atoms with Gasteiger partial charge in [-0.3, -0.25) is 0 Å². The maximum Gasteiger partial charge on any atom is 0.221 e. The largest absolute Gasteiger partial charge is 0.478 e. The van der Waals surface area contributed by atoms with Gasteiger partial charge in [-0.15, -0.1) is 0 Å². The highest BCUT2D eigenvalue weighted by atomic mass is 16.5. The Labute approximate surface area is 83.5 Å². The van der Waals surface area contributed by atoms with Gasteiger partial charge in [-0.2, -0.15) is 0 Å². The van der Waals surface area contributed by atoms with Crippen molar-refractivity contribution in [3.05, 3.63) is 36.0 Å². The van der Waals surface area contributed by atoms with Crippen molar-refractivity contribution >= 4 is 10.8 Å². The molecular weight excluding hydrogens is 174 g/mol. The number of benzene rings is 1. The van der Waals surface area contributed by atoms with E-state index in [2.05, 4.69) is 30.1 Å². The van der Waals surface area contributed by atoms with Crippen LogP contribution in [0.15, 0.2) is 30.5 Å². The molecule has 14 heavy (non-hydrogen) atoms. The summed E-state index contributed by atoms with van der Waals surface area (Å²) in [5.41, 5.74) is 1.23. The molecule has 2 rings (SSSR count). The van der Waals surface area contributed by atoms with Crippen LogP contribution in [0, 0.1) is 6.92 Å². The van der Waals surface area contributed by atoms with E-state index in [9.17, 15) is 0 Å². The average molecular weight is 187 g/mol. The molecule has 0 bridgehead atoms. The summed E-state index contributed by atoms with van der Waals surface area (Å²) in [6, 6.07) is 8.29. The second-order valence-corrected chi connectivity index (χ2v) is 3.27. The van der Waals surface area contributed by atoms with Gasteiger partial charge in [-0.05, 0) is 31.4 Å². The van der Waals surface area contributed by atoms with E-state index in [-0.39, 0.29) is 0 Å². The van der Waals surface area contributed by atoms with E-state index in [1.807, 2.05) is 13.0 Å². The molecular formula is C12H13NO. The zero-order chi connectivity index (χ0) is 9.97. The molecule has 0 aliphatic carbocycles. The second kappa shape index (κ2) is 3.66. The van der Waals surface area contributed by atoms with Gasteiger partial charge >= 0.3 is 0 Å². The molecule has 0 amide bonds. The first kappa shape index (κ1) is 9.00. The van der Waals surface area contributed by atoms with Gasteiger partial charge < -0.3 is 4.74 Å². The van der Waals surface area contributed by atoms with E-state index in [0.29, 0.717) is 6.61 Å². The average Bonchev–Trinajstić information content (AvgIpc) is 2.19. The number of hydrogen-bond acceptors (Lipinski definition) is 2. The number of ether oxygens (including phenoxy) is 1. The molecule has 0 N–H and O–H groups in total. The summed E-state index contributed by atoms with van der Waals surface area (Å²) in [6.07, 6.45) is 1.78. The normalized spacial score (nSPS) is 10.4. The molecule has 0 radical (unpaired) electrons. The molecule has 2 heteroatoms. The Morgan fingerprint density at radius 2 is 2.14 bits per heavy atom. The molecule has 0 saturated heterocycles. The minimum atomic E-state index is 0.653. The van der Waals surface area contributed by atoms with Gasteiger partial charge in [0, 0.05) is 11.6 Å². The SMILES string of the molecule is CCOc1nccc2ccc(C)cc12. The van der Waals surface area contributed by atoms with Gasteiger partial charge in [-0.1, -0.05) is 17.7 Å². The monoisotopic (exact) mass is 187 g/mol. The lowest BCUT2D eigenvalue weighted by atomic mass is 10.1. The number of aryl methyl sites for hydroxylation is 1. The predicted molar refractivity (Wildman–Crippen MR) is 57.6 cm³/mol. The van der Waals surface area contributed by atoms with Gasteiger partial charge in [0.1, 0.15) is 0 Å². The van der Waals surface area contributed by atoms with Crippen molar-refractivity contribution in [1.29, 1.82) is 0 Å². The molecule has 0 aliphatic heterocycles. The zero-order valence-corrected chi connectivity index (χ0v) is 8.45. The molecule has 72 valence electrons. The molecule has 0 atom stereocenters. The molecule has 1 aromatic heterocycles. The summed E-state index contributed by atoms with van der Waals surface area (Å²) in [6.45, 7) is 4.69. The first-order valence-electron chi connectivity index (χ1n) is 4.79. The molecule has 0 fully saturated rings. The Bertz CT molecular complexity index is 451. The van der Waals surface area contributed by atoms with Crippen molar-refractivity contribution in [1.82, 2.24) is 4.98 Å². The van der Waals surface area contributed by atoms with Crippen molar-refractivity contribution in [2.24, 2.45) is 0 Å². The molecule has 2 nitrogen and oxygen atoms in total. The fraction of sp³-hybridized carbons (Fsp3) is 0.250. The second-order valence-electron chi connectivity index (χ2n) is 3.27. The number of rotatable bonds is 2. The molecule has 1 heterocycles. The van der Waals surface area contributed by atoms with Crippen molar-refractivity contribution in [2.75, 3.05) is 6.61 Å². The third kappa shape index (κ3) is 1.55. The van der Waals surface area contributed by atoms with E-state index in [4.69, 9.17) is 4.74 Å². The molecule has 2 aromatic rings. The van der Waals surface area contributed by atoms with Crippen LogP contribution in [0.2, 0.25) is 0 Å². The highest BCUT2D eigenvalue weighted by Crippen LogP contribution is 2.23. The molecule has 0 aliphatic rings. The summed E-state index contributed by atoms with van der Waals surface area (Å²) in [7, 11) is 0. The summed E-state index contributed by atoms with van der Waals surface area (Å²) in [4.78, 5) is 4.22. The Morgan fingerprint density at radius 1 is 1.29 bits per heavy atom. The fourth-order valence-electron chi connectivity index (χ4n) is 1.51. The lowest BCUT2D eigenvalue weighted by molar-refractivity contribution is 0.331. The zero-order valence-electron chi connectivity index (χ0n) is 8.45. The number of hydrogen-bond donors (Lipinski definition) is 0. The lowest BCUT2D eigenvalue weighted by Crippen LogP contribution is -1.94. The highest BCUT2D eigenvalue weighted by Gasteiger charge is 2.02. The van der Waals surface area contributed by atoms with E-state index < -0.39 is 0 Å². The molecule has 0 unspecified atom stereocenters. The van der Waals surface area contributed by atoms with Gasteiger partial charge in [0.2, 0.25) is 5.88 Å². The van der Waals surface area contributed by atoms with Crippen molar-refractivity contribution < 1.29 is 4.74 Å². The smallest absolute Gasteiger partial charge is 0.221 e. The van der Waals surface area contributed by atoms with Gasteiger partial charge in [0.25, 0.3) is 0 Å². The third-order valence-electron chi connectivity index (χ3n) is 2.17. The Morgan fingerprint density at radius 3 is 2.93 bits per heavy atom. The van der Waals surface area contributed by atoms with Crippen LogP contribution < -0.4 is 4.74 Å². The Kier molecular flexibility index (Phi) is 2.35. The third-order valence-corrected chi connectivity index (χ3v) is 2.17. The van der Waals surface area contributed by atoms with Crippen LogP contribution in [0.5, 0.6) is 5.88 Å². The first-order valence-corrected chi connectivity index (χ1v) is 4.79. The van der Waals surface area contributed by atoms with Crippen LogP contribution in [0.1, 0.15) is 12.5 Å². The highest BCUT2D eigenvalue weighted by molar-refractivity contribution is 5.87. The van der Waals surface area contributed by atoms with Gasteiger partial charge in [0.15, 0.2) is 0 Å². The number of aromatic nitrogens is 1. The summed E-state index contributed by atoms with van der Waals surface area (Å²) < 4.78 is 5.46. The van der Waals surface area contributed by atoms with Crippen LogP contribution in [0.25, 0.3) is 10.8 Å². The summed E-state index contributed by atoms with van der Waals surface area (Å²) in [5, 5.41) is 2.27. The topological polar surface area (TPSA) is 22.1 Å². The molecule has 1 aromatic carbocycles. The number of nitrogens with zero attached hydrogens (tertiary/aromatic N) is 1. The fourth-order valence-corrected chi connectivity index (χ4v) is 1.51.